The van der Waals surface area contributed by atoms with Gasteiger partial charge in [-0.1, -0.05) is 0 Å². The van der Waals surface area contributed by atoms with Crippen molar-refractivity contribution in [3.05, 3.63) is 0 Å². The molecule has 8 nitrogen and oxygen atoms in total. The molecule has 2 N–H and O–H groups in total. The van der Waals surface area contributed by atoms with Crippen molar-refractivity contribution in [3.8, 4) is 0 Å². The molecule has 4 fully saturated rings. The standard InChI is InChI=1S/C18H35N7O.HI/c1-19-18(20-12-16-13-24-8-10-25(16)11-9-24)21-15-4-6-23(7-5-15)14-17(26)22(2)3;/h15-16H,4-14H2,1-3H3,(H2,19,20,21);1H. The number of nitrogens with zero attached hydrogens (tertiary/aromatic N) is 5. The first-order valence-corrected chi connectivity index (χ1v) is 9.91. The van der Waals surface area contributed by atoms with Gasteiger partial charge in [0.1, 0.15) is 0 Å². The first-order chi connectivity index (χ1) is 12.5. The number of piperazine rings is 3. The first kappa shape index (κ1) is 22.6. The molecule has 2 bridgehead atoms. The molecule has 156 valence electrons. The summed E-state index contributed by atoms with van der Waals surface area (Å²) in [5.41, 5.74) is 0. The summed E-state index contributed by atoms with van der Waals surface area (Å²) in [6, 6.07) is 1.02. The van der Waals surface area contributed by atoms with Crippen molar-refractivity contribution in [2.75, 3.05) is 80.0 Å². The lowest BCUT2D eigenvalue weighted by Crippen LogP contribution is -2.64. The molecule has 4 aliphatic heterocycles. The van der Waals surface area contributed by atoms with Crippen LogP contribution in [0.5, 0.6) is 0 Å². The van der Waals surface area contributed by atoms with E-state index in [1.54, 1.807) is 4.90 Å². The summed E-state index contributed by atoms with van der Waals surface area (Å²) >= 11 is 0. The monoisotopic (exact) mass is 493 g/mol. The Bertz CT molecular complexity index is 500. The molecule has 4 rings (SSSR count). The molecule has 0 saturated carbocycles. The van der Waals surface area contributed by atoms with E-state index >= 15 is 0 Å². The van der Waals surface area contributed by atoms with Gasteiger partial charge in [0, 0.05) is 85.6 Å². The zero-order chi connectivity index (χ0) is 18.5. The minimum Gasteiger partial charge on any atom is -0.355 e. The van der Waals surface area contributed by atoms with E-state index < -0.39 is 0 Å². The number of amides is 1. The molecule has 9 heteroatoms. The number of fused-ring (bicyclic) bond motifs is 3. The molecule has 4 saturated heterocycles. The fourth-order valence-electron chi connectivity index (χ4n) is 4.09. The average molecular weight is 493 g/mol. The summed E-state index contributed by atoms with van der Waals surface area (Å²) < 4.78 is 0. The van der Waals surface area contributed by atoms with Crippen LogP contribution in [-0.4, -0.2) is 124 Å². The molecular formula is C18H36IN7O. The zero-order valence-corrected chi connectivity index (χ0v) is 19.3. The molecule has 1 unspecified atom stereocenters. The molecule has 27 heavy (non-hydrogen) atoms. The summed E-state index contributed by atoms with van der Waals surface area (Å²) in [5, 5.41) is 7.10. The molecule has 0 spiro atoms. The van der Waals surface area contributed by atoms with Crippen molar-refractivity contribution in [1.29, 1.82) is 0 Å². The van der Waals surface area contributed by atoms with Crippen LogP contribution in [0.3, 0.4) is 0 Å². The van der Waals surface area contributed by atoms with E-state index in [0.717, 1.165) is 38.4 Å². The summed E-state index contributed by atoms with van der Waals surface area (Å²) in [4.78, 5) is 25.3. The molecule has 4 heterocycles. The number of carbonyl (C=O) groups excluding carboxylic acids is 1. The fourth-order valence-corrected chi connectivity index (χ4v) is 4.09. The number of rotatable bonds is 5. The molecule has 0 radical (unpaired) electrons. The van der Waals surface area contributed by atoms with E-state index in [0.29, 0.717) is 18.6 Å². The van der Waals surface area contributed by atoms with E-state index in [2.05, 4.69) is 30.3 Å². The van der Waals surface area contributed by atoms with Crippen LogP contribution in [0, 0.1) is 0 Å². The largest absolute Gasteiger partial charge is 0.355 e. The SMILES string of the molecule is CN=C(NCC1CN2CCN1CC2)NC1CCN(CC(=O)N(C)C)CC1.I. The highest BCUT2D eigenvalue weighted by Gasteiger charge is 2.31. The molecular weight excluding hydrogens is 457 g/mol. The number of guanidine groups is 1. The second kappa shape index (κ2) is 10.8. The van der Waals surface area contributed by atoms with Crippen molar-refractivity contribution in [2.24, 2.45) is 4.99 Å². The van der Waals surface area contributed by atoms with E-state index in [4.69, 9.17) is 0 Å². The van der Waals surface area contributed by atoms with E-state index in [1.807, 2.05) is 21.1 Å². The minimum atomic E-state index is 0. The van der Waals surface area contributed by atoms with Gasteiger partial charge in [0.15, 0.2) is 5.96 Å². The number of nitrogens with one attached hydrogen (secondary N) is 2. The highest BCUT2D eigenvalue weighted by atomic mass is 127. The third-order valence-electron chi connectivity index (χ3n) is 5.91. The Kier molecular flexibility index (Phi) is 9.03. The van der Waals surface area contributed by atoms with Crippen LogP contribution in [0.25, 0.3) is 0 Å². The van der Waals surface area contributed by atoms with Crippen molar-refractivity contribution in [2.45, 2.75) is 24.9 Å². The topological polar surface area (TPSA) is 66.5 Å². The van der Waals surface area contributed by atoms with Gasteiger partial charge >= 0.3 is 0 Å². The van der Waals surface area contributed by atoms with Crippen molar-refractivity contribution >= 4 is 35.8 Å². The van der Waals surface area contributed by atoms with Crippen LogP contribution in [0.4, 0.5) is 0 Å². The number of carbonyl (C=O) groups is 1. The molecule has 0 aliphatic carbocycles. The van der Waals surface area contributed by atoms with E-state index in [1.165, 1.54) is 32.7 Å². The number of halogens is 1. The molecule has 4 aliphatic rings. The van der Waals surface area contributed by atoms with Gasteiger partial charge in [0.25, 0.3) is 0 Å². The quantitative estimate of drug-likeness (QED) is 0.301. The molecule has 0 aromatic heterocycles. The van der Waals surface area contributed by atoms with Crippen molar-refractivity contribution in [3.63, 3.8) is 0 Å². The smallest absolute Gasteiger partial charge is 0.236 e. The molecule has 1 amide bonds. The van der Waals surface area contributed by atoms with Gasteiger partial charge in [-0.15, -0.1) is 24.0 Å². The third-order valence-corrected chi connectivity index (χ3v) is 5.91. The number of likely N-dealkylation sites (N-methyl/N-ethyl adjacent to an activating group) is 1. The lowest BCUT2D eigenvalue weighted by atomic mass is 10.1. The molecule has 1 atom stereocenters. The Morgan fingerprint density at radius 3 is 2.30 bits per heavy atom. The number of piperidine rings is 1. The molecule has 0 aromatic rings. The van der Waals surface area contributed by atoms with Gasteiger partial charge < -0.3 is 15.5 Å². The van der Waals surface area contributed by atoms with Crippen molar-refractivity contribution in [1.82, 2.24) is 30.2 Å². The van der Waals surface area contributed by atoms with Crippen LogP contribution in [0.1, 0.15) is 12.8 Å². The normalized spacial score (nSPS) is 29.1. The van der Waals surface area contributed by atoms with Crippen LogP contribution < -0.4 is 10.6 Å². The van der Waals surface area contributed by atoms with Crippen LogP contribution in [0.15, 0.2) is 4.99 Å². The van der Waals surface area contributed by atoms with Gasteiger partial charge in [0.2, 0.25) is 5.91 Å². The Hall–Kier alpha value is -0.650. The van der Waals surface area contributed by atoms with Crippen LogP contribution >= 0.6 is 24.0 Å². The lowest BCUT2D eigenvalue weighted by molar-refractivity contribution is -0.130. The number of hydrogen-bond donors (Lipinski definition) is 2. The van der Waals surface area contributed by atoms with Gasteiger partial charge in [-0.3, -0.25) is 24.5 Å². The van der Waals surface area contributed by atoms with Gasteiger partial charge in [0.05, 0.1) is 6.54 Å². The predicted molar refractivity (Wildman–Crippen MR) is 120 cm³/mol. The van der Waals surface area contributed by atoms with Crippen LogP contribution in [0.2, 0.25) is 0 Å². The maximum atomic E-state index is 11.8. The average Bonchev–Trinajstić information content (AvgIpc) is 2.67. The summed E-state index contributed by atoms with van der Waals surface area (Å²) in [6.07, 6.45) is 2.09. The maximum absolute atomic E-state index is 11.8. The maximum Gasteiger partial charge on any atom is 0.236 e. The van der Waals surface area contributed by atoms with Crippen molar-refractivity contribution < 1.29 is 4.79 Å². The van der Waals surface area contributed by atoms with Gasteiger partial charge in [-0.2, -0.15) is 0 Å². The Morgan fingerprint density at radius 2 is 1.78 bits per heavy atom. The lowest BCUT2D eigenvalue weighted by Gasteiger charge is -2.47. The summed E-state index contributed by atoms with van der Waals surface area (Å²) in [5.74, 6) is 1.09. The highest BCUT2D eigenvalue weighted by molar-refractivity contribution is 14.0. The number of aliphatic imine (C=N–C) groups is 1. The number of hydrogen-bond acceptors (Lipinski definition) is 5. The Balaban J connectivity index is 0.00000261. The van der Waals surface area contributed by atoms with E-state index in [-0.39, 0.29) is 29.9 Å². The highest BCUT2D eigenvalue weighted by Crippen LogP contribution is 2.15. The summed E-state index contributed by atoms with van der Waals surface area (Å²) in [6.45, 7) is 9.40. The third kappa shape index (κ3) is 6.43. The van der Waals surface area contributed by atoms with Gasteiger partial charge in [-0.05, 0) is 12.8 Å². The Morgan fingerprint density at radius 1 is 1.11 bits per heavy atom. The predicted octanol–water partition coefficient (Wildman–Crippen LogP) is -0.678. The Labute approximate surface area is 180 Å². The summed E-state index contributed by atoms with van der Waals surface area (Å²) in [7, 11) is 5.48. The van der Waals surface area contributed by atoms with Crippen LogP contribution in [-0.2, 0) is 4.79 Å². The minimum absolute atomic E-state index is 0. The fraction of sp³-hybridized carbons (Fsp3) is 0.889. The number of likely N-dealkylation sites (tertiary alicyclic amines) is 1. The van der Waals surface area contributed by atoms with E-state index in [9.17, 15) is 4.79 Å². The second-order valence-corrected chi connectivity index (χ2v) is 7.93. The second-order valence-electron chi connectivity index (χ2n) is 7.93. The molecule has 0 aromatic carbocycles. The zero-order valence-electron chi connectivity index (χ0n) is 17.0. The van der Waals surface area contributed by atoms with Gasteiger partial charge in [-0.25, -0.2) is 0 Å². The first-order valence-electron chi connectivity index (χ1n) is 9.91.